The van der Waals surface area contributed by atoms with Crippen LogP contribution in [-0.4, -0.2) is 61.1 Å². The summed E-state index contributed by atoms with van der Waals surface area (Å²) in [6.45, 7) is 7.15. The lowest BCUT2D eigenvalue weighted by Crippen LogP contribution is -2.49. The Labute approximate surface area is 161 Å². The van der Waals surface area contributed by atoms with Crippen LogP contribution in [0.5, 0.6) is 5.75 Å². The van der Waals surface area contributed by atoms with Gasteiger partial charge in [0.25, 0.3) is 0 Å². The highest BCUT2D eigenvalue weighted by atomic mass is 127. The van der Waals surface area contributed by atoms with Gasteiger partial charge < -0.3 is 20.3 Å². The smallest absolute Gasteiger partial charge is 0.240 e. The van der Waals surface area contributed by atoms with Crippen LogP contribution < -0.4 is 15.4 Å². The summed E-state index contributed by atoms with van der Waals surface area (Å²) >= 11 is 0. The summed E-state index contributed by atoms with van der Waals surface area (Å²) in [4.78, 5) is 21.9. The minimum atomic E-state index is -0.244. The van der Waals surface area contributed by atoms with Crippen molar-refractivity contribution in [2.24, 2.45) is 4.99 Å². The number of ether oxygens (including phenoxy) is 1. The van der Waals surface area contributed by atoms with Gasteiger partial charge in [-0.05, 0) is 32.9 Å². The van der Waals surface area contributed by atoms with Gasteiger partial charge in [-0.3, -0.25) is 14.8 Å². The first-order chi connectivity index (χ1) is 10.8. The van der Waals surface area contributed by atoms with Gasteiger partial charge in [0.2, 0.25) is 5.91 Å². The summed E-state index contributed by atoms with van der Waals surface area (Å²) in [5, 5.41) is 6.08. The number of nitrogens with zero attached hydrogens (tertiary/aromatic N) is 3. The van der Waals surface area contributed by atoms with E-state index in [0.717, 1.165) is 5.75 Å². The molecule has 0 radical (unpaired) electrons. The molecule has 1 aromatic rings. The van der Waals surface area contributed by atoms with Gasteiger partial charge in [0.15, 0.2) is 5.96 Å². The lowest BCUT2D eigenvalue weighted by atomic mass is 10.1. The maximum absolute atomic E-state index is 11.9. The van der Waals surface area contributed by atoms with Crippen molar-refractivity contribution in [2.45, 2.75) is 26.3 Å². The standard InChI is InChI=1S/C16H27N5O2.HI/c1-16(2,3)20-14(22)12-21(5)15(17-4)19-9-10-23-13-7-6-8-18-11-13;/h6-8,11H,9-10,12H2,1-5H3,(H,17,19)(H,20,22);1H. The van der Waals surface area contributed by atoms with E-state index in [1.807, 2.05) is 40.0 Å². The van der Waals surface area contributed by atoms with Gasteiger partial charge in [-0.15, -0.1) is 24.0 Å². The first kappa shape index (κ1) is 22.4. The zero-order chi connectivity index (χ0) is 17.3. The van der Waals surface area contributed by atoms with Crippen LogP contribution in [0.15, 0.2) is 29.5 Å². The minimum absolute atomic E-state index is 0. The Balaban J connectivity index is 0.00000529. The van der Waals surface area contributed by atoms with E-state index < -0.39 is 0 Å². The van der Waals surface area contributed by atoms with Gasteiger partial charge in [0, 0.05) is 25.8 Å². The molecule has 1 amide bonds. The minimum Gasteiger partial charge on any atom is -0.490 e. The Morgan fingerprint density at radius 2 is 2.12 bits per heavy atom. The van der Waals surface area contributed by atoms with Crippen LogP contribution in [0.4, 0.5) is 0 Å². The second-order valence-corrected chi connectivity index (χ2v) is 6.17. The normalized spacial score (nSPS) is 11.3. The highest BCUT2D eigenvalue weighted by molar-refractivity contribution is 14.0. The molecule has 0 aliphatic rings. The average Bonchev–Trinajstić information content (AvgIpc) is 2.46. The third kappa shape index (κ3) is 9.53. The first-order valence-electron chi connectivity index (χ1n) is 7.57. The number of carbonyl (C=O) groups excluding carboxylic acids is 1. The zero-order valence-electron chi connectivity index (χ0n) is 15.0. The molecule has 2 N–H and O–H groups in total. The maximum atomic E-state index is 11.9. The number of halogens is 1. The summed E-state index contributed by atoms with van der Waals surface area (Å²) < 4.78 is 5.55. The Bertz CT molecular complexity index is 517. The Hall–Kier alpha value is -1.58. The highest BCUT2D eigenvalue weighted by Gasteiger charge is 2.16. The third-order valence-corrected chi connectivity index (χ3v) is 2.76. The largest absolute Gasteiger partial charge is 0.490 e. The Kier molecular flexibility index (Phi) is 10.3. The Morgan fingerprint density at radius 3 is 2.67 bits per heavy atom. The number of aliphatic imine (C=N–C) groups is 1. The van der Waals surface area contributed by atoms with Gasteiger partial charge in [-0.25, -0.2) is 0 Å². The molecule has 1 aromatic heterocycles. The summed E-state index contributed by atoms with van der Waals surface area (Å²) in [5.74, 6) is 1.32. The average molecular weight is 449 g/mol. The third-order valence-electron chi connectivity index (χ3n) is 2.76. The topological polar surface area (TPSA) is 78.9 Å². The number of rotatable bonds is 6. The molecule has 0 aliphatic heterocycles. The molecule has 1 heterocycles. The number of hydrogen-bond acceptors (Lipinski definition) is 4. The number of hydrogen-bond donors (Lipinski definition) is 2. The van der Waals surface area contributed by atoms with E-state index in [-0.39, 0.29) is 42.0 Å². The Morgan fingerprint density at radius 1 is 1.42 bits per heavy atom. The van der Waals surface area contributed by atoms with Crippen LogP contribution in [0, 0.1) is 0 Å². The number of aromatic nitrogens is 1. The van der Waals surface area contributed by atoms with Gasteiger partial charge in [0.1, 0.15) is 12.4 Å². The quantitative estimate of drug-likeness (QED) is 0.298. The number of nitrogens with one attached hydrogen (secondary N) is 2. The molecule has 8 heteroatoms. The second kappa shape index (κ2) is 11.1. The van der Waals surface area contributed by atoms with Gasteiger partial charge in [0.05, 0.1) is 19.3 Å². The van der Waals surface area contributed by atoms with Crippen molar-refractivity contribution >= 4 is 35.8 Å². The fourth-order valence-electron chi connectivity index (χ4n) is 1.90. The predicted octanol–water partition coefficient (Wildman–Crippen LogP) is 1.50. The molecule has 0 aromatic carbocycles. The molecule has 0 unspecified atom stereocenters. The fourth-order valence-corrected chi connectivity index (χ4v) is 1.90. The van der Waals surface area contributed by atoms with Gasteiger partial charge in [-0.2, -0.15) is 0 Å². The van der Waals surface area contributed by atoms with Crippen LogP contribution in [0.25, 0.3) is 0 Å². The van der Waals surface area contributed by atoms with Crippen molar-refractivity contribution in [3.8, 4) is 5.75 Å². The first-order valence-corrected chi connectivity index (χ1v) is 7.57. The molecule has 0 aliphatic carbocycles. The number of guanidine groups is 1. The molecule has 0 bridgehead atoms. The van der Waals surface area contributed by atoms with Crippen LogP contribution in [-0.2, 0) is 4.79 Å². The van der Waals surface area contributed by atoms with E-state index in [0.29, 0.717) is 19.1 Å². The van der Waals surface area contributed by atoms with Crippen LogP contribution >= 0.6 is 24.0 Å². The monoisotopic (exact) mass is 449 g/mol. The molecule has 1 rings (SSSR count). The zero-order valence-corrected chi connectivity index (χ0v) is 17.3. The van der Waals surface area contributed by atoms with Crippen LogP contribution in [0.1, 0.15) is 20.8 Å². The predicted molar refractivity (Wildman–Crippen MR) is 107 cm³/mol. The SMILES string of the molecule is CN=C(NCCOc1cccnc1)N(C)CC(=O)NC(C)(C)C.I. The summed E-state index contributed by atoms with van der Waals surface area (Å²) in [7, 11) is 3.50. The molecule has 24 heavy (non-hydrogen) atoms. The molecule has 0 saturated heterocycles. The van der Waals surface area contributed by atoms with E-state index in [4.69, 9.17) is 4.74 Å². The second-order valence-electron chi connectivity index (χ2n) is 6.17. The van der Waals surface area contributed by atoms with E-state index in [9.17, 15) is 4.79 Å². The van der Waals surface area contributed by atoms with Gasteiger partial charge in [-0.1, -0.05) is 0 Å². The van der Waals surface area contributed by atoms with Crippen molar-refractivity contribution in [3.05, 3.63) is 24.5 Å². The van der Waals surface area contributed by atoms with E-state index in [1.165, 1.54) is 0 Å². The van der Waals surface area contributed by atoms with Crippen molar-refractivity contribution in [1.29, 1.82) is 0 Å². The molecule has 7 nitrogen and oxygen atoms in total. The van der Waals surface area contributed by atoms with Crippen LogP contribution in [0.3, 0.4) is 0 Å². The molecule has 136 valence electrons. The lowest BCUT2D eigenvalue weighted by molar-refractivity contribution is -0.122. The molecule has 0 spiro atoms. The van der Waals surface area contributed by atoms with Crippen molar-refractivity contribution in [1.82, 2.24) is 20.5 Å². The molecule has 0 atom stereocenters. The molecule has 0 fully saturated rings. The molecular weight excluding hydrogens is 421 g/mol. The number of amides is 1. The van der Waals surface area contributed by atoms with Gasteiger partial charge >= 0.3 is 0 Å². The molecule has 0 saturated carbocycles. The van der Waals surface area contributed by atoms with E-state index in [1.54, 1.807) is 24.3 Å². The summed E-state index contributed by atoms with van der Waals surface area (Å²) in [6, 6.07) is 3.67. The summed E-state index contributed by atoms with van der Waals surface area (Å²) in [5.41, 5.74) is -0.244. The fraction of sp³-hybridized carbons (Fsp3) is 0.562. The number of pyridine rings is 1. The van der Waals surface area contributed by atoms with Crippen molar-refractivity contribution < 1.29 is 9.53 Å². The van der Waals surface area contributed by atoms with E-state index in [2.05, 4.69) is 20.6 Å². The lowest BCUT2D eigenvalue weighted by Gasteiger charge is -2.25. The highest BCUT2D eigenvalue weighted by Crippen LogP contribution is 2.05. The number of likely N-dealkylation sites (N-methyl/N-ethyl adjacent to an activating group) is 1. The van der Waals surface area contributed by atoms with Crippen LogP contribution in [0.2, 0.25) is 0 Å². The maximum Gasteiger partial charge on any atom is 0.240 e. The number of carbonyl (C=O) groups is 1. The van der Waals surface area contributed by atoms with Crippen molar-refractivity contribution in [3.63, 3.8) is 0 Å². The van der Waals surface area contributed by atoms with E-state index >= 15 is 0 Å². The summed E-state index contributed by atoms with van der Waals surface area (Å²) in [6.07, 6.45) is 3.36. The molecular formula is C16H28IN5O2. The van der Waals surface area contributed by atoms with Crippen molar-refractivity contribution in [2.75, 3.05) is 33.8 Å².